The van der Waals surface area contributed by atoms with Crippen LogP contribution in [0, 0.1) is 0 Å². The van der Waals surface area contributed by atoms with E-state index in [1.165, 1.54) is 5.56 Å². The van der Waals surface area contributed by atoms with Crippen LogP contribution in [0.1, 0.15) is 12.5 Å². The fraction of sp³-hybridized carbons (Fsp3) is 0.417. The summed E-state index contributed by atoms with van der Waals surface area (Å²) in [7, 11) is 0. The van der Waals surface area contributed by atoms with Gasteiger partial charge in [-0.1, -0.05) is 37.3 Å². The Kier molecular flexibility index (Phi) is 4.95. The SMILES string of the molecule is CCN(Cc1ccccc1)CC(N)C(=O)O. The molecule has 0 aliphatic heterocycles. The van der Waals surface area contributed by atoms with Crippen LogP contribution in [-0.4, -0.2) is 35.1 Å². The van der Waals surface area contributed by atoms with Crippen LogP contribution in [-0.2, 0) is 11.3 Å². The van der Waals surface area contributed by atoms with Crippen molar-refractivity contribution in [2.75, 3.05) is 13.1 Å². The second-order valence-corrected chi connectivity index (χ2v) is 3.76. The van der Waals surface area contributed by atoms with Gasteiger partial charge in [0, 0.05) is 13.1 Å². The highest BCUT2D eigenvalue weighted by atomic mass is 16.4. The molecule has 0 aliphatic carbocycles. The van der Waals surface area contributed by atoms with E-state index < -0.39 is 12.0 Å². The summed E-state index contributed by atoms with van der Waals surface area (Å²) < 4.78 is 0. The highest BCUT2D eigenvalue weighted by Crippen LogP contribution is 2.04. The number of benzene rings is 1. The topological polar surface area (TPSA) is 66.6 Å². The molecule has 16 heavy (non-hydrogen) atoms. The Morgan fingerprint density at radius 3 is 2.56 bits per heavy atom. The van der Waals surface area contributed by atoms with Gasteiger partial charge in [0.1, 0.15) is 6.04 Å². The van der Waals surface area contributed by atoms with Crippen molar-refractivity contribution in [1.82, 2.24) is 4.90 Å². The Hall–Kier alpha value is -1.39. The maximum Gasteiger partial charge on any atom is 0.321 e. The van der Waals surface area contributed by atoms with Gasteiger partial charge in [0.05, 0.1) is 0 Å². The van der Waals surface area contributed by atoms with Crippen molar-refractivity contribution < 1.29 is 9.90 Å². The predicted octanol–water partition coefficient (Wildman–Crippen LogP) is 0.920. The summed E-state index contributed by atoms with van der Waals surface area (Å²) in [6, 6.07) is 9.14. The van der Waals surface area contributed by atoms with E-state index >= 15 is 0 Å². The minimum Gasteiger partial charge on any atom is -0.480 e. The Labute approximate surface area is 95.7 Å². The van der Waals surface area contributed by atoms with E-state index in [1.807, 2.05) is 42.2 Å². The smallest absolute Gasteiger partial charge is 0.321 e. The molecule has 1 rings (SSSR count). The number of aliphatic carboxylic acids is 1. The highest BCUT2D eigenvalue weighted by molar-refractivity contribution is 5.73. The molecule has 0 aliphatic rings. The molecule has 4 nitrogen and oxygen atoms in total. The maximum absolute atomic E-state index is 10.7. The van der Waals surface area contributed by atoms with E-state index in [0.717, 1.165) is 13.1 Å². The molecule has 1 aromatic rings. The lowest BCUT2D eigenvalue weighted by Gasteiger charge is -2.22. The molecule has 88 valence electrons. The average molecular weight is 222 g/mol. The molecular formula is C12H18N2O2. The van der Waals surface area contributed by atoms with Crippen molar-refractivity contribution in [3.63, 3.8) is 0 Å². The van der Waals surface area contributed by atoms with Crippen LogP contribution in [0.3, 0.4) is 0 Å². The molecule has 0 saturated carbocycles. The van der Waals surface area contributed by atoms with Gasteiger partial charge in [0.15, 0.2) is 0 Å². The number of hydrogen-bond donors (Lipinski definition) is 2. The quantitative estimate of drug-likeness (QED) is 0.751. The number of carbonyl (C=O) groups is 1. The first kappa shape index (κ1) is 12.7. The fourth-order valence-corrected chi connectivity index (χ4v) is 1.50. The van der Waals surface area contributed by atoms with Gasteiger partial charge < -0.3 is 10.8 Å². The molecule has 3 N–H and O–H groups in total. The van der Waals surface area contributed by atoms with Gasteiger partial charge >= 0.3 is 5.97 Å². The van der Waals surface area contributed by atoms with Crippen LogP contribution in [0.5, 0.6) is 0 Å². The van der Waals surface area contributed by atoms with E-state index in [1.54, 1.807) is 0 Å². The zero-order valence-electron chi connectivity index (χ0n) is 9.47. The number of hydrogen-bond acceptors (Lipinski definition) is 3. The molecule has 0 bridgehead atoms. The number of likely N-dealkylation sites (N-methyl/N-ethyl adjacent to an activating group) is 1. The molecule has 0 saturated heterocycles. The Morgan fingerprint density at radius 1 is 1.44 bits per heavy atom. The monoisotopic (exact) mass is 222 g/mol. The molecule has 1 atom stereocenters. The highest BCUT2D eigenvalue weighted by Gasteiger charge is 2.15. The standard InChI is InChI=1S/C12H18N2O2/c1-2-14(9-11(13)12(15)16)8-10-6-4-3-5-7-10/h3-7,11H,2,8-9,13H2,1H3,(H,15,16). The summed E-state index contributed by atoms with van der Waals surface area (Å²) in [5, 5.41) is 8.74. The second-order valence-electron chi connectivity index (χ2n) is 3.76. The van der Waals surface area contributed by atoms with E-state index in [0.29, 0.717) is 6.54 Å². The summed E-state index contributed by atoms with van der Waals surface area (Å²) in [5.74, 6) is -0.952. The Morgan fingerprint density at radius 2 is 2.06 bits per heavy atom. The van der Waals surface area contributed by atoms with Crippen LogP contribution in [0.15, 0.2) is 30.3 Å². The van der Waals surface area contributed by atoms with Crippen molar-refractivity contribution in [2.24, 2.45) is 5.73 Å². The average Bonchev–Trinajstić information content (AvgIpc) is 2.29. The van der Waals surface area contributed by atoms with Gasteiger partial charge in [-0.05, 0) is 12.1 Å². The van der Waals surface area contributed by atoms with Crippen molar-refractivity contribution in [3.05, 3.63) is 35.9 Å². The summed E-state index contributed by atoms with van der Waals surface area (Å²) in [4.78, 5) is 12.7. The van der Waals surface area contributed by atoms with Crippen LogP contribution < -0.4 is 5.73 Å². The van der Waals surface area contributed by atoms with E-state index in [-0.39, 0.29) is 0 Å². The molecule has 0 fully saturated rings. The zero-order chi connectivity index (χ0) is 12.0. The van der Waals surface area contributed by atoms with Crippen molar-refractivity contribution in [1.29, 1.82) is 0 Å². The fourth-order valence-electron chi connectivity index (χ4n) is 1.50. The molecule has 1 unspecified atom stereocenters. The van der Waals surface area contributed by atoms with E-state index in [9.17, 15) is 4.79 Å². The molecule has 0 amide bonds. The predicted molar refractivity (Wildman–Crippen MR) is 63.0 cm³/mol. The Bertz CT molecular complexity index is 327. The van der Waals surface area contributed by atoms with Gasteiger partial charge in [-0.2, -0.15) is 0 Å². The lowest BCUT2D eigenvalue weighted by Crippen LogP contribution is -2.42. The summed E-state index contributed by atoms with van der Waals surface area (Å²) >= 11 is 0. The van der Waals surface area contributed by atoms with Crippen molar-refractivity contribution in [2.45, 2.75) is 19.5 Å². The minimum absolute atomic E-state index is 0.376. The van der Waals surface area contributed by atoms with Gasteiger partial charge in [-0.3, -0.25) is 9.69 Å². The summed E-state index contributed by atoms with van der Waals surface area (Å²) in [6.45, 7) is 3.90. The largest absolute Gasteiger partial charge is 0.480 e. The second kappa shape index (κ2) is 6.25. The normalized spacial score (nSPS) is 12.7. The minimum atomic E-state index is -0.952. The van der Waals surface area contributed by atoms with Crippen molar-refractivity contribution >= 4 is 5.97 Å². The molecular weight excluding hydrogens is 204 g/mol. The van der Waals surface area contributed by atoms with Crippen LogP contribution >= 0.6 is 0 Å². The first-order valence-electron chi connectivity index (χ1n) is 5.38. The molecule has 0 spiro atoms. The van der Waals surface area contributed by atoms with Crippen molar-refractivity contribution in [3.8, 4) is 0 Å². The zero-order valence-corrected chi connectivity index (χ0v) is 9.47. The lowest BCUT2D eigenvalue weighted by molar-refractivity contribution is -0.139. The first-order valence-corrected chi connectivity index (χ1v) is 5.38. The Balaban J connectivity index is 2.53. The van der Waals surface area contributed by atoms with Crippen LogP contribution in [0.2, 0.25) is 0 Å². The lowest BCUT2D eigenvalue weighted by atomic mass is 10.2. The summed E-state index contributed by atoms with van der Waals surface area (Å²) in [6.07, 6.45) is 0. The maximum atomic E-state index is 10.7. The first-order chi connectivity index (χ1) is 7.63. The van der Waals surface area contributed by atoms with Gasteiger partial charge in [-0.25, -0.2) is 0 Å². The number of nitrogens with two attached hydrogens (primary N) is 1. The van der Waals surface area contributed by atoms with Crippen LogP contribution in [0.4, 0.5) is 0 Å². The third-order valence-electron chi connectivity index (χ3n) is 2.47. The third-order valence-corrected chi connectivity index (χ3v) is 2.47. The number of rotatable bonds is 6. The van der Waals surface area contributed by atoms with E-state index in [4.69, 9.17) is 10.8 Å². The van der Waals surface area contributed by atoms with Crippen LogP contribution in [0.25, 0.3) is 0 Å². The molecule has 0 radical (unpaired) electrons. The van der Waals surface area contributed by atoms with Gasteiger partial charge in [-0.15, -0.1) is 0 Å². The molecule has 4 heteroatoms. The molecule has 0 heterocycles. The molecule has 1 aromatic carbocycles. The van der Waals surface area contributed by atoms with E-state index in [2.05, 4.69) is 0 Å². The van der Waals surface area contributed by atoms with Gasteiger partial charge in [0.25, 0.3) is 0 Å². The number of nitrogens with zero attached hydrogens (tertiary/aromatic N) is 1. The molecule has 0 aromatic heterocycles. The van der Waals surface area contributed by atoms with Gasteiger partial charge in [0.2, 0.25) is 0 Å². The number of carboxylic acids is 1. The number of carboxylic acid groups (broad SMARTS) is 1. The third kappa shape index (κ3) is 4.00. The summed E-state index contributed by atoms with van der Waals surface area (Å²) in [5.41, 5.74) is 6.67.